The fourth-order valence-electron chi connectivity index (χ4n) is 0.408. The van der Waals surface area contributed by atoms with Gasteiger partial charge in [-0.05, 0) is 0 Å². The third-order valence-electron chi connectivity index (χ3n) is 0.757. The first-order chi connectivity index (χ1) is 3.27. The standard InChI is InChI=1S/C5H11Si.K/c1-4-5-6(2)3;/h4-6H,1H2,2-3H3;. The predicted octanol–water partition coefficient (Wildman–Crippen LogP) is 1.16. The summed E-state index contributed by atoms with van der Waals surface area (Å²) in [4.78, 5) is 0. The summed E-state index contributed by atoms with van der Waals surface area (Å²) in [6.45, 7) is 4.69. The summed E-state index contributed by atoms with van der Waals surface area (Å²) in [5, 5.41) is 0. The zero-order valence-electron chi connectivity index (χ0n) is 5.44. The zero-order chi connectivity index (χ0) is 5.70. The van der Waals surface area contributed by atoms with Crippen molar-refractivity contribution >= 4 is 57.8 Å². The van der Waals surface area contributed by atoms with Crippen molar-refractivity contribution in [1.82, 2.24) is 0 Å². The van der Waals surface area contributed by atoms with Gasteiger partial charge in [0.25, 0.3) is 0 Å². The van der Waals surface area contributed by atoms with E-state index in [0.717, 1.165) is 49.0 Å². The number of hydrogen-bond donors (Lipinski definition) is 0. The van der Waals surface area contributed by atoms with Gasteiger partial charge in [0.15, 0.2) is 0 Å². The Bertz CT molecular complexity index is 59.1. The zero-order valence-corrected chi connectivity index (χ0v) is 9.72. The van der Waals surface area contributed by atoms with Gasteiger partial charge in [0.2, 0.25) is 0 Å². The van der Waals surface area contributed by atoms with Crippen LogP contribution >= 0.6 is 0 Å². The first-order valence-electron chi connectivity index (χ1n) is 2.94. The van der Waals surface area contributed by atoms with Gasteiger partial charge in [0, 0.05) is 0 Å². The molecule has 0 heterocycles. The second-order valence-electron chi connectivity index (χ2n) is 2.08. The molecular weight excluding hydrogens is 127 g/mol. The molecule has 0 radical (unpaired) electrons. The van der Waals surface area contributed by atoms with Crippen LogP contribution in [0, 0.1) is 0 Å². The van der Waals surface area contributed by atoms with Crippen molar-refractivity contribution in [1.29, 1.82) is 0 Å². The molecule has 0 atom stereocenters. The summed E-state index contributed by atoms with van der Waals surface area (Å²) < 4.78 is 1.39. The molecule has 0 aliphatic carbocycles. The van der Waals surface area contributed by atoms with Crippen molar-refractivity contribution in [2.45, 2.75) is 13.6 Å². The van der Waals surface area contributed by atoms with Crippen LogP contribution in [0.4, 0.5) is 0 Å². The molecule has 0 saturated carbocycles. The second-order valence-corrected chi connectivity index (χ2v) is 6.23. The molecule has 0 aliphatic rings. The van der Waals surface area contributed by atoms with Gasteiger partial charge in [-0.25, -0.2) is 0 Å². The molecule has 0 unspecified atom stereocenters. The van der Waals surface area contributed by atoms with Crippen molar-refractivity contribution in [3.05, 3.63) is 11.8 Å². The van der Waals surface area contributed by atoms with E-state index in [2.05, 4.69) is 24.9 Å². The van der Waals surface area contributed by atoms with Crippen molar-refractivity contribution in [3.63, 3.8) is 0 Å². The Kier molecular flexibility index (Phi) is 7.03. The monoisotopic (exact) mass is 138 g/mol. The van der Waals surface area contributed by atoms with E-state index in [4.69, 9.17) is 0 Å². The molecule has 0 rings (SSSR count). The van der Waals surface area contributed by atoms with Crippen LogP contribution < -0.4 is 0 Å². The topological polar surface area (TPSA) is 0 Å². The van der Waals surface area contributed by atoms with Gasteiger partial charge in [-0.2, -0.15) is 0 Å². The molecule has 0 saturated heterocycles. The summed E-state index contributed by atoms with van der Waals surface area (Å²) in [6, 6.07) is 0. The molecule has 0 amide bonds. The number of rotatable bonds is 2. The number of allylic oxidation sites excluding steroid dienone is 1. The molecule has 0 aromatic rings. The van der Waals surface area contributed by atoms with E-state index in [0.29, 0.717) is 0 Å². The van der Waals surface area contributed by atoms with E-state index in [1.807, 2.05) is 0 Å². The van der Waals surface area contributed by atoms with Crippen LogP contribution in [0.25, 0.3) is 0 Å². The van der Waals surface area contributed by atoms with Gasteiger partial charge < -0.3 is 0 Å². The van der Waals surface area contributed by atoms with E-state index in [9.17, 15) is 0 Å². The van der Waals surface area contributed by atoms with Gasteiger partial charge >= 0.3 is 83.1 Å². The molecule has 0 bridgehead atoms. The minimum atomic E-state index is -0.339. The quantitative estimate of drug-likeness (QED) is 0.502. The Labute approximate surface area is 81.6 Å². The molecule has 0 N–H and O–H groups in total. The second kappa shape index (κ2) is 5.72. The van der Waals surface area contributed by atoms with Crippen molar-refractivity contribution in [2.24, 2.45) is 0 Å². The molecule has 36 valence electrons. The van der Waals surface area contributed by atoms with Crippen LogP contribution in [-0.2, 0) is 0 Å². The van der Waals surface area contributed by atoms with Gasteiger partial charge in [0.1, 0.15) is 0 Å². The van der Waals surface area contributed by atoms with Gasteiger partial charge in [-0.15, -0.1) is 0 Å². The minimum absolute atomic E-state index is 0.339. The molecule has 0 aromatic carbocycles. The average Bonchev–Trinajstić information content (AvgIpc) is 1.61. The Morgan fingerprint density at radius 2 is 2.14 bits per heavy atom. The van der Waals surface area contributed by atoms with E-state index < -0.39 is 0 Å². The molecule has 2 heteroatoms. The molecule has 0 aliphatic heterocycles. The Balaban J connectivity index is 3.08. The summed E-state index contributed by atoms with van der Waals surface area (Å²) in [6.07, 6.45) is 2.34. The summed E-state index contributed by atoms with van der Waals surface area (Å²) in [5.74, 6) is 0. The first kappa shape index (κ1) is 8.59. The van der Waals surface area contributed by atoms with Crippen LogP contribution in [0.3, 0.4) is 0 Å². The fraction of sp³-hybridized carbons (Fsp3) is 0.600. The first-order valence-corrected chi connectivity index (χ1v) is 8.12. The predicted molar refractivity (Wildman–Crippen MR) is 38.6 cm³/mol. The van der Waals surface area contributed by atoms with Crippen LogP contribution in [0.1, 0.15) is 0 Å². The molecule has 7 heavy (non-hydrogen) atoms. The average molecular weight is 138 g/mol. The van der Waals surface area contributed by atoms with E-state index in [1.165, 1.54) is 0.515 Å². The van der Waals surface area contributed by atoms with Crippen LogP contribution in [0.5, 0.6) is 0 Å². The maximum absolute atomic E-state index is 2.41. The van der Waals surface area contributed by atoms with Crippen LogP contribution in [-0.4, -0.2) is 57.8 Å². The Hall–Kier alpha value is 1.59. The molecule has 0 fully saturated rings. The summed E-state index contributed by atoms with van der Waals surface area (Å²) in [7, 11) is -0.339. The maximum atomic E-state index is 2.41. The van der Waals surface area contributed by atoms with Crippen molar-refractivity contribution in [2.75, 3.05) is 0 Å². The van der Waals surface area contributed by atoms with Gasteiger partial charge in [0.05, 0.1) is 0 Å². The molecule has 0 aromatic heterocycles. The van der Waals surface area contributed by atoms with Gasteiger partial charge in [-0.3, -0.25) is 0 Å². The SMILES string of the molecule is C[SiH](C)C=C[CH2][K]. The molecule has 0 spiro atoms. The van der Waals surface area contributed by atoms with E-state index in [1.54, 1.807) is 0 Å². The van der Waals surface area contributed by atoms with E-state index >= 15 is 0 Å². The molecule has 0 nitrogen and oxygen atoms in total. The van der Waals surface area contributed by atoms with Crippen molar-refractivity contribution in [3.8, 4) is 0 Å². The van der Waals surface area contributed by atoms with Crippen LogP contribution in [0.15, 0.2) is 11.8 Å². The Morgan fingerprint density at radius 1 is 1.57 bits per heavy atom. The number of hydrogen-bond acceptors (Lipinski definition) is 0. The normalized spacial score (nSPS) is 11.6. The van der Waals surface area contributed by atoms with Crippen LogP contribution in [0.2, 0.25) is 13.6 Å². The third-order valence-corrected chi connectivity index (χ3v) is 2.53. The van der Waals surface area contributed by atoms with Crippen molar-refractivity contribution < 1.29 is 0 Å². The van der Waals surface area contributed by atoms with Gasteiger partial charge in [-0.1, -0.05) is 0 Å². The summed E-state index contributed by atoms with van der Waals surface area (Å²) in [5.41, 5.74) is 2.41. The molecular formula is C5H11KSi. The summed E-state index contributed by atoms with van der Waals surface area (Å²) >= 11 is 1.03. The fourth-order valence-corrected chi connectivity index (χ4v) is 2.50. The third kappa shape index (κ3) is 7.59. The van der Waals surface area contributed by atoms with E-state index in [-0.39, 0.29) is 8.80 Å². The Morgan fingerprint density at radius 3 is 2.29 bits per heavy atom.